The van der Waals surface area contributed by atoms with Crippen LogP contribution >= 0.6 is 11.8 Å². The van der Waals surface area contributed by atoms with Gasteiger partial charge in [0, 0.05) is 19.4 Å². The van der Waals surface area contributed by atoms with E-state index in [-0.39, 0.29) is 24.0 Å². The number of carbonyl (C=O) groups excluding carboxylic acids is 2. The van der Waals surface area contributed by atoms with E-state index < -0.39 is 11.4 Å². The molecule has 1 aromatic heterocycles. The lowest BCUT2D eigenvalue weighted by molar-refractivity contribution is -0.120. The number of aryl methyl sites for hydroxylation is 1. The molecule has 1 atom stereocenters. The minimum Gasteiger partial charge on any atom is -0.370 e. The number of hydrogen-bond acceptors (Lipinski definition) is 6. The molecular formula is C15H24N6O2S. The van der Waals surface area contributed by atoms with Gasteiger partial charge in [-0.25, -0.2) is 0 Å². The third-order valence-electron chi connectivity index (χ3n) is 3.82. The molecule has 132 valence electrons. The van der Waals surface area contributed by atoms with Gasteiger partial charge in [0.05, 0.1) is 11.8 Å². The predicted octanol–water partition coefficient (Wildman–Crippen LogP) is 0.862. The fourth-order valence-electron chi connectivity index (χ4n) is 1.92. The summed E-state index contributed by atoms with van der Waals surface area (Å²) >= 11 is 1.25. The van der Waals surface area contributed by atoms with Gasteiger partial charge in [-0.2, -0.15) is 5.26 Å². The highest BCUT2D eigenvalue weighted by Crippen LogP contribution is 2.19. The number of nitrogens with zero attached hydrogens (tertiary/aromatic N) is 4. The summed E-state index contributed by atoms with van der Waals surface area (Å²) < 4.78 is 1.85. The molecule has 0 aliphatic rings. The molecule has 0 aromatic carbocycles. The third kappa shape index (κ3) is 5.23. The van der Waals surface area contributed by atoms with Gasteiger partial charge in [-0.05, 0) is 19.8 Å². The number of primary amides is 1. The molecule has 0 saturated heterocycles. The lowest BCUT2D eigenvalue weighted by Gasteiger charge is -2.27. The fourth-order valence-corrected chi connectivity index (χ4v) is 2.74. The van der Waals surface area contributed by atoms with Crippen LogP contribution in [0.5, 0.6) is 0 Å². The van der Waals surface area contributed by atoms with Crippen LogP contribution in [-0.2, 0) is 22.6 Å². The molecular weight excluding hydrogens is 328 g/mol. The number of carbonyl (C=O) groups is 2. The van der Waals surface area contributed by atoms with E-state index in [1.165, 1.54) is 11.8 Å². The molecule has 24 heavy (non-hydrogen) atoms. The summed E-state index contributed by atoms with van der Waals surface area (Å²) in [7, 11) is 0. The van der Waals surface area contributed by atoms with Crippen molar-refractivity contribution >= 4 is 23.6 Å². The topological polar surface area (TPSA) is 127 Å². The molecule has 3 N–H and O–H groups in total. The smallest absolute Gasteiger partial charge is 0.231 e. The Bertz CT molecular complexity index is 636. The summed E-state index contributed by atoms with van der Waals surface area (Å²) in [6, 6.07) is 2.14. The van der Waals surface area contributed by atoms with Crippen molar-refractivity contribution in [2.45, 2.75) is 57.8 Å². The molecule has 9 heteroatoms. The third-order valence-corrected chi connectivity index (χ3v) is 4.79. The minimum atomic E-state index is -0.900. The number of nitrogens with one attached hydrogen (secondary N) is 1. The molecule has 8 nitrogen and oxygen atoms in total. The van der Waals surface area contributed by atoms with E-state index in [0.717, 1.165) is 0 Å². The number of rotatable bonds is 9. The highest BCUT2D eigenvalue weighted by molar-refractivity contribution is 7.99. The van der Waals surface area contributed by atoms with Crippen molar-refractivity contribution < 1.29 is 9.59 Å². The summed E-state index contributed by atoms with van der Waals surface area (Å²) in [4.78, 5) is 23.0. The average Bonchev–Trinajstić information content (AvgIpc) is 2.92. The van der Waals surface area contributed by atoms with Crippen molar-refractivity contribution in [2.24, 2.45) is 11.7 Å². The lowest BCUT2D eigenvalue weighted by Crippen LogP contribution is -2.49. The summed E-state index contributed by atoms with van der Waals surface area (Å²) in [5, 5.41) is 20.7. The Kier molecular flexibility index (Phi) is 7.22. The van der Waals surface area contributed by atoms with Crippen molar-refractivity contribution in [2.75, 3.05) is 5.75 Å². The van der Waals surface area contributed by atoms with Crippen molar-refractivity contribution in [1.82, 2.24) is 20.1 Å². The zero-order chi connectivity index (χ0) is 18.3. The number of amides is 2. The molecule has 1 rings (SSSR count). The highest BCUT2D eigenvalue weighted by Gasteiger charge is 2.30. The molecule has 0 saturated carbocycles. The van der Waals surface area contributed by atoms with Crippen molar-refractivity contribution in [3.05, 3.63) is 5.82 Å². The van der Waals surface area contributed by atoms with Gasteiger partial charge < -0.3 is 15.6 Å². The molecule has 1 heterocycles. The second kappa shape index (κ2) is 8.68. The van der Waals surface area contributed by atoms with Crippen molar-refractivity contribution in [3.8, 4) is 6.07 Å². The Morgan fingerprint density at radius 3 is 2.62 bits per heavy atom. The van der Waals surface area contributed by atoms with Gasteiger partial charge in [-0.3, -0.25) is 9.59 Å². The van der Waals surface area contributed by atoms with Crippen LogP contribution in [0.25, 0.3) is 0 Å². The van der Waals surface area contributed by atoms with Gasteiger partial charge >= 0.3 is 0 Å². The molecule has 0 aliphatic heterocycles. The SMILES string of the molecule is CCn1c(CCC(N)=O)nnc1SCC(=O)N[C@@](C)(C#N)C(C)C. The Morgan fingerprint density at radius 1 is 1.46 bits per heavy atom. The summed E-state index contributed by atoms with van der Waals surface area (Å²) in [5.41, 5.74) is 4.25. The van der Waals surface area contributed by atoms with Gasteiger partial charge in [0.2, 0.25) is 11.8 Å². The zero-order valence-corrected chi connectivity index (χ0v) is 15.3. The Labute approximate surface area is 146 Å². The van der Waals surface area contributed by atoms with E-state index in [0.29, 0.717) is 23.9 Å². The fraction of sp³-hybridized carbons (Fsp3) is 0.667. The van der Waals surface area contributed by atoms with E-state index in [2.05, 4.69) is 21.6 Å². The van der Waals surface area contributed by atoms with Crippen LogP contribution < -0.4 is 11.1 Å². The molecule has 0 aliphatic carbocycles. The standard InChI is InChI=1S/C15H24N6O2S/c1-5-21-12(7-6-11(17)22)19-20-14(21)24-8-13(23)18-15(4,9-16)10(2)3/h10H,5-8H2,1-4H3,(H2,17,22)(H,18,23)/t15-/m0/s1. The number of thioether (sulfide) groups is 1. The number of aromatic nitrogens is 3. The minimum absolute atomic E-state index is 0.00357. The maximum Gasteiger partial charge on any atom is 0.231 e. The first-order valence-electron chi connectivity index (χ1n) is 7.79. The van der Waals surface area contributed by atoms with Gasteiger partial charge in [-0.15, -0.1) is 10.2 Å². The second-order valence-corrected chi connectivity index (χ2v) is 6.86. The normalized spacial score (nSPS) is 13.3. The molecule has 1 aromatic rings. The highest BCUT2D eigenvalue weighted by atomic mass is 32.2. The van der Waals surface area contributed by atoms with E-state index in [1.807, 2.05) is 25.3 Å². The largest absolute Gasteiger partial charge is 0.370 e. The van der Waals surface area contributed by atoms with Gasteiger partial charge in [0.15, 0.2) is 5.16 Å². The first-order valence-corrected chi connectivity index (χ1v) is 8.77. The van der Waals surface area contributed by atoms with Crippen LogP contribution in [-0.4, -0.2) is 37.9 Å². The molecule has 0 bridgehead atoms. The van der Waals surface area contributed by atoms with Crippen molar-refractivity contribution in [3.63, 3.8) is 0 Å². The average molecular weight is 352 g/mol. The maximum atomic E-state index is 12.1. The number of nitriles is 1. The van der Waals surface area contributed by atoms with E-state index >= 15 is 0 Å². The second-order valence-electron chi connectivity index (χ2n) is 5.92. The van der Waals surface area contributed by atoms with Crippen LogP contribution in [0.1, 0.15) is 39.9 Å². The summed E-state index contributed by atoms with van der Waals surface area (Å²) in [5.74, 6) is 0.179. The molecule has 2 amide bonds. The van der Waals surface area contributed by atoms with Gasteiger partial charge in [0.25, 0.3) is 0 Å². The van der Waals surface area contributed by atoms with Gasteiger partial charge in [0.1, 0.15) is 11.4 Å². The summed E-state index contributed by atoms with van der Waals surface area (Å²) in [6.45, 7) is 8.04. The van der Waals surface area contributed by atoms with Gasteiger partial charge in [-0.1, -0.05) is 25.6 Å². The van der Waals surface area contributed by atoms with E-state index in [1.54, 1.807) is 6.92 Å². The molecule has 0 radical (unpaired) electrons. The predicted molar refractivity (Wildman–Crippen MR) is 90.9 cm³/mol. The van der Waals surface area contributed by atoms with E-state index in [4.69, 9.17) is 5.73 Å². The van der Waals surface area contributed by atoms with Crippen molar-refractivity contribution in [1.29, 1.82) is 5.26 Å². The van der Waals surface area contributed by atoms with Crippen LogP contribution in [0.2, 0.25) is 0 Å². The first-order chi connectivity index (χ1) is 11.2. The quantitative estimate of drug-likeness (QED) is 0.635. The monoisotopic (exact) mass is 352 g/mol. The molecule has 0 unspecified atom stereocenters. The number of nitrogens with two attached hydrogens (primary N) is 1. The van der Waals surface area contributed by atoms with Crippen LogP contribution in [0, 0.1) is 17.2 Å². The first kappa shape index (κ1) is 20.0. The Morgan fingerprint density at radius 2 is 2.12 bits per heavy atom. The van der Waals surface area contributed by atoms with Crippen LogP contribution in [0.15, 0.2) is 5.16 Å². The lowest BCUT2D eigenvalue weighted by atomic mass is 9.90. The Hall–Kier alpha value is -2.08. The zero-order valence-electron chi connectivity index (χ0n) is 14.5. The van der Waals surface area contributed by atoms with Crippen LogP contribution in [0.4, 0.5) is 0 Å². The molecule has 0 spiro atoms. The number of hydrogen-bond donors (Lipinski definition) is 2. The van der Waals surface area contributed by atoms with E-state index in [9.17, 15) is 14.9 Å². The van der Waals surface area contributed by atoms with Crippen LogP contribution in [0.3, 0.4) is 0 Å². The summed E-state index contributed by atoms with van der Waals surface area (Å²) in [6.07, 6.45) is 0.626. The Balaban J connectivity index is 2.69. The maximum absolute atomic E-state index is 12.1. The molecule has 0 fully saturated rings.